The molecule has 6 nitrogen and oxygen atoms in total. The average Bonchev–Trinajstić information content (AvgIpc) is 2.91. The first-order chi connectivity index (χ1) is 12.7. The van der Waals surface area contributed by atoms with Crippen molar-refractivity contribution in [3.05, 3.63) is 45.7 Å². The number of nitrogens with zero attached hydrogens (tertiary/aromatic N) is 2. The molecule has 0 unspecified atom stereocenters. The summed E-state index contributed by atoms with van der Waals surface area (Å²) in [6, 6.07) is 6.24. The largest absolute Gasteiger partial charge is 0.329 e. The maximum atomic E-state index is 12.9. The highest BCUT2D eigenvalue weighted by atomic mass is 35.5. The van der Waals surface area contributed by atoms with E-state index in [2.05, 4.69) is 5.32 Å². The molecule has 1 fully saturated rings. The van der Waals surface area contributed by atoms with Gasteiger partial charge in [-0.05, 0) is 43.5 Å². The van der Waals surface area contributed by atoms with Crippen LogP contribution in [0.1, 0.15) is 35.3 Å². The van der Waals surface area contributed by atoms with Crippen LogP contribution >= 0.6 is 23.2 Å². The highest BCUT2D eigenvalue weighted by Crippen LogP contribution is 2.28. The lowest BCUT2D eigenvalue weighted by Gasteiger charge is -2.26. The number of sulfonamides is 1. The molecule has 1 aromatic carbocycles. The Balaban J connectivity index is 1.89. The van der Waals surface area contributed by atoms with E-state index in [-0.39, 0.29) is 20.8 Å². The molecular formula is C18H21Cl2N3O3S. The lowest BCUT2D eigenvalue weighted by Crippen LogP contribution is -2.35. The first kappa shape index (κ1) is 20.2. The van der Waals surface area contributed by atoms with Gasteiger partial charge in [0.25, 0.3) is 5.91 Å². The fourth-order valence-corrected chi connectivity index (χ4v) is 5.02. The molecule has 0 spiro atoms. The van der Waals surface area contributed by atoms with Gasteiger partial charge in [-0.2, -0.15) is 4.31 Å². The molecule has 0 saturated carbocycles. The second kappa shape index (κ2) is 7.83. The average molecular weight is 430 g/mol. The summed E-state index contributed by atoms with van der Waals surface area (Å²) in [6.45, 7) is 2.86. The normalized spacial score (nSPS) is 15.7. The Morgan fingerprint density at radius 3 is 2.37 bits per heavy atom. The van der Waals surface area contributed by atoms with E-state index in [4.69, 9.17) is 23.2 Å². The van der Waals surface area contributed by atoms with Gasteiger partial charge >= 0.3 is 0 Å². The summed E-state index contributed by atoms with van der Waals surface area (Å²) < 4.78 is 28.7. The molecule has 1 amide bonds. The van der Waals surface area contributed by atoms with Crippen molar-refractivity contribution in [2.45, 2.75) is 31.1 Å². The number of anilines is 1. The Morgan fingerprint density at radius 2 is 1.78 bits per heavy atom. The Hall–Kier alpha value is -1.54. The summed E-state index contributed by atoms with van der Waals surface area (Å²) in [5.74, 6) is -0.415. The van der Waals surface area contributed by atoms with E-state index in [1.807, 2.05) is 0 Å². The topological polar surface area (TPSA) is 71.4 Å². The molecule has 0 aliphatic carbocycles. The van der Waals surface area contributed by atoms with E-state index in [9.17, 15) is 13.2 Å². The summed E-state index contributed by atoms with van der Waals surface area (Å²) in [6.07, 6.45) is 2.77. The standard InChI is InChI=1S/C18H21Cl2N3O3S/c1-12-6-7-13(27(25,26)23-8-4-3-5-9-23)10-15(12)21-18(24)16-11-14(19)17(20)22(16)2/h6-7,10-11H,3-5,8-9H2,1-2H3,(H,21,24). The van der Waals surface area contributed by atoms with Gasteiger partial charge in [0.05, 0.1) is 9.92 Å². The first-order valence-corrected chi connectivity index (χ1v) is 10.8. The van der Waals surface area contributed by atoms with Crippen LogP contribution in [0.5, 0.6) is 0 Å². The number of hydrogen-bond donors (Lipinski definition) is 1. The molecule has 1 aliphatic rings. The Kier molecular flexibility index (Phi) is 5.86. The van der Waals surface area contributed by atoms with Crippen LogP contribution in [0.4, 0.5) is 5.69 Å². The van der Waals surface area contributed by atoms with Gasteiger partial charge in [0.15, 0.2) is 0 Å². The number of aromatic nitrogens is 1. The molecule has 2 aromatic rings. The molecule has 0 bridgehead atoms. The number of nitrogens with one attached hydrogen (secondary N) is 1. The van der Waals surface area contributed by atoms with E-state index in [0.717, 1.165) is 24.8 Å². The zero-order valence-corrected chi connectivity index (χ0v) is 17.5. The number of hydrogen-bond acceptors (Lipinski definition) is 3. The van der Waals surface area contributed by atoms with Gasteiger partial charge < -0.3 is 9.88 Å². The van der Waals surface area contributed by atoms with Crippen LogP contribution in [0.15, 0.2) is 29.2 Å². The second-order valence-corrected chi connectivity index (χ2v) is 9.33. The first-order valence-electron chi connectivity index (χ1n) is 8.64. The zero-order valence-electron chi connectivity index (χ0n) is 15.1. The third kappa shape index (κ3) is 4.01. The van der Waals surface area contributed by atoms with Gasteiger partial charge in [-0.15, -0.1) is 0 Å². The Morgan fingerprint density at radius 1 is 1.11 bits per heavy atom. The molecule has 0 radical (unpaired) electrons. The van der Waals surface area contributed by atoms with E-state index in [0.29, 0.717) is 18.8 Å². The van der Waals surface area contributed by atoms with Gasteiger partial charge in [-0.25, -0.2) is 8.42 Å². The number of piperidine rings is 1. The van der Waals surface area contributed by atoms with Crippen LogP contribution in [0.3, 0.4) is 0 Å². The van der Waals surface area contributed by atoms with Crippen LogP contribution in [-0.2, 0) is 17.1 Å². The lowest BCUT2D eigenvalue weighted by atomic mass is 10.2. The van der Waals surface area contributed by atoms with Crippen LogP contribution in [0.2, 0.25) is 10.2 Å². The maximum Gasteiger partial charge on any atom is 0.272 e. The fourth-order valence-electron chi connectivity index (χ4n) is 3.10. The number of aryl methyl sites for hydroxylation is 1. The van der Waals surface area contributed by atoms with Gasteiger partial charge in [0, 0.05) is 25.8 Å². The van der Waals surface area contributed by atoms with Crippen LogP contribution in [0.25, 0.3) is 0 Å². The molecule has 27 heavy (non-hydrogen) atoms. The molecule has 146 valence electrons. The fraction of sp³-hybridized carbons (Fsp3) is 0.389. The van der Waals surface area contributed by atoms with E-state index >= 15 is 0 Å². The second-order valence-electron chi connectivity index (χ2n) is 6.62. The van der Waals surface area contributed by atoms with Crippen molar-refractivity contribution < 1.29 is 13.2 Å². The molecule has 1 aliphatic heterocycles. The molecule has 3 rings (SSSR count). The van der Waals surface area contributed by atoms with Crippen molar-refractivity contribution in [2.75, 3.05) is 18.4 Å². The van der Waals surface area contributed by atoms with Gasteiger partial charge in [-0.1, -0.05) is 35.7 Å². The summed E-state index contributed by atoms with van der Waals surface area (Å²) in [5.41, 5.74) is 1.48. The molecule has 1 saturated heterocycles. The van der Waals surface area contributed by atoms with Crippen molar-refractivity contribution in [3.8, 4) is 0 Å². The summed E-state index contributed by atoms with van der Waals surface area (Å²) >= 11 is 12.0. The van der Waals surface area contributed by atoms with Gasteiger partial charge in [-0.3, -0.25) is 4.79 Å². The predicted octanol–water partition coefficient (Wildman–Crippen LogP) is 4.07. The highest BCUT2D eigenvalue weighted by molar-refractivity contribution is 7.89. The predicted molar refractivity (Wildman–Crippen MR) is 107 cm³/mol. The number of amides is 1. The smallest absolute Gasteiger partial charge is 0.272 e. The minimum atomic E-state index is -3.58. The molecule has 1 N–H and O–H groups in total. The Labute approximate surface area is 169 Å². The third-order valence-electron chi connectivity index (χ3n) is 4.76. The molecule has 1 aromatic heterocycles. The van der Waals surface area contributed by atoms with Crippen molar-refractivity contribution in [2.24, 2.45) is 7.05 Å². The number of carbonyl (C=O) groups excluding carboxylic acids is 1. The number of halogens is 2. The summed E-state index contributed by atoms with van der Waals surface area (Å²) in [5, 5.41) is 3.31. The third-order valence-corrected chi connectivity index (χ3v) is 7.50. The van der Waals surface area contributed by atoms with Crippen LogP contribution < -0.4 is 5.32 Å². The summed E-state index contributed by atoms with van der Waals surface area (Å²) in [4.78, 5) is 12.8. The quantitative estimate of drug-likeness (QED) is 0.795. The van der Waals surface area contributed by atoms with E-state index < -0.39 is 15.9 Å². The minimum absolute atomic E-state index is 0.174. The molecular weight excluding hydrogens is 409 g/mol. The van der Waals surface area contributed by atoms with E-state index in [1.54, 1.807) is 26.1 Å². The summed E-state index contributed by atoms with van der Waals surface area (Å²) in [7, 11) is -1.95. The van der Waals surface area contributed by atoms with Gasteiger partial charge in [0.1, 0.15) is 10.8 Å². The van der Waals surface area contributed by atoms with E-state index in [1.165, 1.54) is 21.0 Å². The SMILES string of the molecule is Cc1ccc(S(=O)(=O)N2CCCCC2)cc1NC(=O)c1cc(Cl)c(Cl)n1C. The van der Waals surface area contributed by atoms with Crippen LogP contribution in [0, 0.1) is 6.92 Å². The monoisotopic (exact) mass is 429 g/mol. The highest BCUT2D eigenvalue weighted by Gasteiger charge is 2.26. The van der Waals surface area contributed by atoms with Gasteiger partial charge in [0.2, 0.25) is 10.0 Å². The lowest BCUT2D eigenvalue weighted by molar-refractivity contribution is 0.101. The van der Waals surface area contributed by atoms with Crippen molar-refractivity contribution >= 4 is 44.8 Å². The van der Waals surface area contributed by atoms with Crippen LogP contribution in [-0.4, -0.2) is 36.3 Å². The van der Waals surface area contributed by atoms with Crippen molar-refractivity contribution in [1.29, 1.82) is 0 Å². The number of benzene rings is 1. The zero-order chi connectivity index (χ0) is 19.8. The number of carbonyl (C=O) groups is 1. The molecule has 2 heterocycles. The number of rotatable bonds is 4. The van der Waals surface area contributed by atoms with Crippen molar-refractivity contribution in [3.63, 3.8) is 0 Å². The maximum absolute atomic E-state index is 12.9. The van der Waals surface area contributed by atoms with Crippen molar-refractivity contribution in [1.82, 2.24) is 8.87 Å². The Bertz CT molecular complexity index is 980. The minimum Gasteiger partial charge on any atom is -0.329 e. The molecule has 0 atom stereocenters. The molecule has 9 heteroatoms.